The lowest BCUT2D eigenvalue weighted by atomic mass is 9.13. The first-order valence-corrected chi connectivity index (χ1v) is 34.9. The molecule has 12 nitrogen and oxygen atoms in total. The van der Waals surface area contributed by atoms with Crippen molar-refractivity contribution in [3.8, 4) is 0 Å². The summed E-state index contributed by atoms with van der Waals surface area (Å²) in [6.07, 6.45) is 7.79. The lowest BCUT2D eigenvalue weighted by Gasteiger charge is -2.44. The average molecular weight is 1290 g/mol. The molecule has 0 aliphatic carbocycles. The zero-order chi connectivity index (χ0) is 62.0. The Bertz CT molecular complexity index is 3080. The molecule has 16 heteroatoms. The molecule has 0 saturated heterocycles. The Kier molecular flexibility index (Phi) is 23.6. The highest BCUT2D eigenvalue weighted by atomic mass is 35.5. The van der Waals surface area contributed by atoms with Gasteiger partial charge in [0.05, 0.1) is 105 Å². The molecule has 0 amide bonds. The smallest absolute Gasteiger partial charge is 0.350 e. The number of benzene rings is 8. The molecule has 0 fully saturated rings. The number of hydrogen-bond donors (Lipinski definition) is 4. The maximum Gasteiger partial charge on any atom is 0.350 e. The van der Waals surface area contributed by atoms with Crippen LogP contribution in [0, 0.1) is 0 Å². The van der Waals surface area contributed by atoms with E-state index in [-0.39, 0.29) is 24.8 Å². The zero-order valence-corrected chi connectivity index (χ0v) is 56.5. The second-order valence-corrected chi connectivity index (χ2v) is 26.1. The topological polar surface area (TPSA) is 73.1 Å². The molecule has 8 heterocycles. The minimum atomic E-state index is -1.22. The van der Waals surface area contributed by atoms with Gasteiger partial charge in [-0.1, -0.05) is 243 Å². The van der Waals surface area contributed by atoms with Crippen LogP contribution < -0.4 is 89.8 Å². The Morgan fingerprint density at radius 3 is 0.564 bits per heavy atom. The number of guanidine groups is 4. The van der Waals surface area contributed by atoms with Gasteiger partial charge in [-0.2, -0.15) is 43.7 Å². The van der Waals surface area contributed by atoms with Gasteiger partial charge in [0, 0.05) is 51.4 Å². The lowest BCUT2D eigenvalue weighted by Crippen LogP contribution is -3.00. The van der Waals surface area contributed by atoms with Gasteiger partial charge in [-0.3, -0.25) is 39.6 Å². The van der Waals surface area contributed by atoms with Gasteiger partial charge < -0.3 is 24.8 Å². The number of halogens is 2. The minimum absolute atomic E-state index is 0. The van der Waals surface area contributed by atoms with Crippen molar-refractivity contribution in [2.24, 2.45) is 0 Å². The molecule has 16 rings (SSSR count). The third kappa shape index (κ3) is 14.9. The monoisotopic (exact) mass is 1290 g/mol. The van der Waals surface area contributed by atoms with E-state index in [0.717, 1.165) is 39.5 Å². The predicted octanol–water partition coefficient (Wildman–Crippen LogP) is -1.71. The fourth-order valence-electron chi connectivity index (χ4n) is 16.3. The standard InChI is InChI=1S/2C24H20B.2C15H26N6.2ClH/c2*1-5-13-21(14-6-1)25(22-15-7-2-8-16-22,23-17-9-3-10-18-23)24-19-11-4-12-20-24;2*1-5-16-14-18(7-1)9-3-11-20(14)13-21-12-4-10-19-8-2-6-17-15(19)21;;/h2*1-20H;2*1-13H2;2*1H/q2*-1;;;;/p+2. The van der Waals surface area contributed by atoms with E-state index in [2.05, 4.69) is 302 Å². The van der Waals surface area contributed by atoms with E-state index in [0.29, 0.717) is 0 Å². The first-order chi connectivity index (χ1) is 45.7. The molecule has 8 aromatic rings. The van der Waals surface area contributed by atoms with Crippen LogP contribution in [0.4, 0.5) is 0 Å². The van der Waals surface area contributed by atoms with Crippen molar-refractivity contribution in [2.45, 2.75) is 51.4 Å². The summed E-state index contributed by atoms with van der Waals surface area (Å²) in [5, 5.41) is 14.5. The van der Waals surface area contributed by atoms with Crippen LogP contribution in [0.3, 0.4) is 0 Å². The van der Waals surface area contributed by atoms with Crippen molar-refractivity contribution in [1.29, 1.82) is 0 Å². The molecular formula is C78H96B2Cl2N12. The van der Waals surface area contributed by atoms with E-state index in [1.807, 2.05) is 0 Å². The minimum Gasteiger partial charge on any atom is -1.00 e. The highest BCUT2D eigenvalue weighted by Gasteiger charge is 2.39. The van der Waals surface area contributed by atoms with Crippen molar-refractivity contribution < 1.29 is 43.1 Å². The molecule has 4 N–H and O–H groups in total. The summed E-state index contributed by atoms with van der Waals surface area (Å²) < 4.78 is 10.1. The average Bonchev–Trinajstić information content (AvgIpc) is 0.760. The molecule has 94 heavy (non-hydrogen) atoms. The van der Waals surface area contributed by atoms with E-state index in [4.69, 9.17) is 0 Å². The Hall–Kier alpha value is -8.45. The summed E-state index contributed by atoms with van der Waals surface area (Å²) in [4.78, 5) is 10.2. The van der Waals surface area contributed by atoms with Crippen molar-refractivity contribution in [2.75, 3.05) is 118 Å². The van der Waals surface area contributed by atoms with Crippen molar-refractivity contribution in [3.05, 3.63) is 243 Å². The SMILES string of the molecule is C1CNC2=[N+](C1)CCCN2CN1CCC[N+]2=C1NCCC2.C1CNC2=[N+](C1)CCCN2CN1CCC[N+]2=C1NCCC2.[Cl-].[Cl-].c1ccc([B-](c2ccccc2)(c2ccccc2)c2ccccc2)cc1.c1ccc([B-](c2ccccc2)(c2ccccc2)c2ccccc2)cc1. The van der Waals surface area contributed by atoms with Crippen LogP contribution in [0.25, 0.3) is 0 Å². The van der Waals surface area contributed by atoms with Crippen LogP contribution >= 0.6 is 0 Å². The molecule has 0 spiro atoms. The highest BCUT2D eigenvalue weighted by molar-refractivity contribution is 7.20. The first-order valence-electron chi connectivity index (χ1n) is 34.9. The van der Waals surface area contributed by atoms with Crippen LogP contribution in [0.15, 0.2) is 243 Å². The molecule has 0 aromatic heterocycles. The van der Waals surface area contributed by atoms with Crippen LogP contribution in [0.2, 0.25) is 0 Å². The molecular weight excluding hydrogens is 1200 g/mol. The molecule has 0 unspecified atom stereocenters. The Morgan fingerprint density at radius 1 is 0.234 bits per heavy atom. The summed E-state index contributed by atoms with van der Waals surface area (Å²) >= 11 is 0. The van der Waals surface area contributed by atoms with Crippen LogP contribution in [0.1, 0.15) is 51.4 Å². The van der Waals surface area contributed by atoms with E-state index >= 15 is 0 Å². The van der Waals surface area contributed by atoms with E-state index in [9.17, 15) is 0 Å². The van der Waals surface area contributed by atoms with Gasteiger partial charge in [-0.05, 0) is 0 Å². The van der Waals surface area contributed by atoms with Gasteiger partial charge in [0.25, 0.3) is 0 Å². The van der Waals surface area contributed by atoms with Crippen molar-refractivity contribution in [1.82, 2.24) is 40.9 Å². The Labute approximate surface area is 572 Å². The van der Waals surface area contributed by atoms with Crippen molar-refractivity contribution >= 4 is 79.8 Å². The van der Waals surface area contributed by atoms with Gasteiger partial charge in [0.1, 0.15) is 12.3 Å². The van der Waals surface area contributed by atoms with Crippen molar-refractivity contribution in [3.63, 3.8) is 0 Å². The van der Waals surface area contributed by atoms with Gasteiger partial charge in [0.2, 0.25) is 0 Å². The van der Waals surface area contributed by atoms with Crippen LogP contribution in [-0.4, -0.2) is 192 Å². The number of nitrogens with zero attached hydrogens (tertiary/aromatic N) is 8. The van der Waals surface area contributed by atoms with Gasteiger partial charge in [-0.15, -0.1) is 0 Å². The van der Waals surface area contributed by atoms with Gasteiger partial charge in [0.15, 0.2) is 13.3 Å². The maximum atomic E-state index is 3.63. The van der Waals surface area contributed by atoms with Gasteiger partial charge in [-0.25, -0.2) is 19.6 Å². The van der Waals surface area contributed by atoms with E-state index in [1.165, 1.54) is 197 Å². The lowest BCUT2D eigenvalue weighted by molar-refractivity contribution is -0.548. The largest absolute Gasteiger partial charge is 1.00 e. The normalized spacial score (nSPS) is 17.6. The fraction of sp³-hybridized carbons (Fsp3) is 0.333. The van der Waals surface area contributed by atoms with E-state index in [1.54, 1.807) is 0 Å². The summed E-state index contributed by atoms with van der Waals surface area (Å²) in [6, 6.07) is 87.1. The summed E-state index contributed by atoms with van der Waals surface area (Å²) in [6.45, 7) is 21.1. The number of nitrogens with one attached hydrogen (secondary N) is 4. The fourth-order valence-corrected chi connectivity index (χ4v) is 16.3. The van der Waals surface area contributed by atoms with Gasteiger partial charge >= 0.3 is 23.8 Å². The molecule has 488 valence electrons. The molecule has 0 radical (unpaired) electrons. The first kappa shape index (κ1) is 67.0. The molecule has 8 aliphatic rings. The second-order valence-electron chi connectivity index (χ2n) is 26.1. The quantitative estimate of drug-likeness (QED) is 0.0855. The molecule has 0 atom stereocenters. The molecule has 8 aromatic carbocycles. The molecule has 0 bridgehead atoms. The highest BCUT2D eigenvalue weighted by Crippen LogP contribution is 2.16. The Balaban J connectivity index is 0.000000127. The predicted molar refractivity (Wildman–Crippen MR) is 386 cm³/mol. The summed E-state index contributed by atoms with van der Waals surface area (Å²) in [5.41, 5.74) is 10.7. The molecule has 0 saturated carbocycles. The van der Waals surface area contributed by atoms with Crippen LogP contribution in [0.5, 0.6) is 0 Å². The number of rotatable bonds is 12. The zero-order valence-electron chi connectivity index (χ0n) is 55.0. The maximum absolute atomic E-state index is 3.63. The Morgan fingerprint density at radius 2 is 0.394 bits per heavy atom. The van der Waals surface area contributed by atoms with Crippen LogP contribution in [-0.2, 0) is 0 Å². The molecule has 8 aliphatic heterocycles. The summed E-state index contributed by atoms with van der Waals surface area (Å²) in [7, 11) is 0. The third-order valence-electron chi connectivity index (χ3n) is 20.5. The van der Waals surface area contributed by atoms with E-state index < -0.39 is 12.3 Å². The second kappa shape index (κ2) is 33.1. The number of hydrogen-bond acceptors (Lipinski definition) is 8. The third-order valence-corrected chi connectivity index (χ3v) is 20.5. The summed E-state index contributed by atoms with van der Waals surface area (Å²) in [5.74, 6) is 5.50.